The van der Waals surface area contributed by atoms with Crippen molar-refractivity contribution < 1.29 is 23.9 Å². The van der Waals surface area contributed by atoms with Crippen LogP contribution in [-0.4, -0.2) is 40.8 Å². The minimum absolute atomic E-state index is 0.0401. The second-order valence-corrected chi connectivity index (χ2v) is 3.92. The fraction of sp³-hybridized carbons (Fsp3) is 0.455. The summed E-state index contributed by atoms with van der Waals surface area (Å²) in [5.41, 5.74) is 0.321. The molecular formula is C11H14F2N2O4. The lowest BCUT2D eigenvalue weighted by Crippen LogP contribution is -2.34. The topological polar surface area (TPSA) is 95.6 Å². The van der Waals surface area contributed by atoms with E-state index in [1.165, 1.54) is 24.3 Å². The first kappa shape index (κ1) is 15.4. The quantitative estimate of drug-likeness (QED) is 0.506. The number of benzene rings is 1. The van der Waals surface area contributed by atoms with Crippen LogP contribution < -0.4 is 5.32 Å². The smallest absolute Gasteiger partial charge is 0.269 e. The average molecular weight is 276 g/mol. The zero-order valence-electron chi connectivity index (χ0n) is 9.87. The monoisotopic (exact) mass is 276 g/mol. The van der Waals surface area contributed by atoms with Gasteiger partial charge in [0, 0.05) is 25.2 Å². The second-order valence-electron chi connectivity index (χ2n) is 3.92. The van der Waals surface area contributed by atoms with Crippen molar-refractivity contribution in [3.8, 4) is 0 Å². The summed E-state index contributed by atoms with van der Waals surface area (Å²) in [6.45, 7) is -0.386. The number of aliphatic hydroxyl groups excluding tert-OH is 2. The fourth-order valence-corrected chi connectivity index (χ4v) is 1.39. The Morgan fingerprint density at radius 2 is 1.79 bits per heavy atom. The Hall–Kier alpha value is -1.64. The largest absolute Gasteiger partial charge is 0.387 e. The number of alkyl halides is 2. The van der Waals surface area contributed by atoms with Gasteiger partial charge in [-0.25, -0.2) is 8.78 Å². The van der Waals surface area contributed by atoms with Crippen LogP contribution in [-0.2, 0) is 0 Å². The molecule has 0 aliphatic heterocycles. The van der Waals surface area contributed by atoms with Crippen LogP contribution in [0.15, 0.2) is 24.3 Å². The molecule has 1 aromatic rings. The molecule has 0 radical (unpaired) electrons. The molecule has 19 heavy (non-hydrogen) atoms. The Morgan fingerprint density at radius 3 is 2.26 bits per heavy atom. The van der Waals surface area contributed by atoms with Crippen molar-refractivity contribution in [1.29, 1.82) is 0 Å². The first-order valence-electron chi connectivity index (χ1n) is 5.51. The predicted molar refractivity (Wildman–Crippen MR) is 62.9 cm³/mol. The molecule has 0 heterocycles. The van der Waals surface area contributed by atoms with Crippen molar-refractivity contribution in [3.63, 3.8) is 0 Å². The van der Waals surface area contributed by atoms with Gasteiger partial charge in [0.2, 0.25) is 0 Å². The van der Waals surface area contributed by atoms with Gasteiger partial charge < -0.3 is 15.5 Å². The van der Waals surface area contributed by atoms with Crippen LogP contribution in [0, 0.1) is 10.1 Å². The van der Waals surface area contributed by atoms with Crippen LogP contribution in [0.1, 0.15) is 11.7 Å². The highest BCUT2D eigenvalue weighted by atomic mass is 19.3. The van der Waals surface area contributed by atoms with E-state index in [9.17, 15) is 24.0 Å². The summed E-state index contributed by atoms with van der Waals surface area (Å²) < 4.78 is 24.0. The third kappa shape index (κ3) is 4.86. The molecule has 8 heteroatoms. The number of hydrogen-bond acceptors (Lipinski definition) is 5. The van der Waals surface area contributed by atoms with Gasteiger partial charge in [-0.3, -0.25) is 10.1 Å². The molecule has 0 spiro atoms. The van der Waals surface area contributed by atoms with E-state index in [0.29, 0.717) is 5.56 Å². The summed E-state index contributed by atoms with van der Waals surface area (Å²) in [6.07, 6.45) is -5.63. The van der Waals surface area contributed by atoms with Crippen molar-refractivity contribution in [2.45, 2.75) is 18.6 Å². The zero-order chi connectivity index (χ0) is 14.4. The van der Waals surface area contributed by atoms with Crippen LogP contribution in [0.3, 0.4) is 0 Å². The maximum Gasteiger partial charge on any atom is 0.269 e. The van der Waals surface area contributed by atoms with Crippen LogP contribution in [0.5, 0.6) is 0 Å². The van der Waals surface area contributed by atoms with Crippen LogP contribution in [0.25, 0.3) is 0 Å². The van der Waals surface area contributed by atoms with Gasteiger partial charge in [-0.1, -0.05) is 0 Å². The number of nitrogens with one attached hydrogen (secondary N) is 1. The van der Waals surface area contributed by atoms with E-state index in [1.807, 2.05) is 0 Å². The van der Waals surface area contributed by atoms with Crippen molar-refractivity contribution in [1.82, 2.24) is 5.32 Å². The van der Waals surface area contributed by atoms with E-state index < -0.39 is 23.6 Å². The van der Waals surface area contributed by atoms with Gasteiger partial charge in [0.25, 0.3) is 12.1 Å². The predicted octanol–water partition coefficient (Wildman–Crippen LogP) is 0.844. The number of aliphatic hydroxyl groups is 2. The molecule has 0 aliphatic rings. The van der Waals surface area contributed by atoms with E-state index in [0.717, 1.165) is 0 Å². The van der Waals surface area contributed by atoms with Crippen molar-refractivity contribution >= 4 is 5.69 Å². The summed E-state index contributed by atoms with van der Waals surface area (Å²) in [7, 11) is 0. The van der Waals surface area contributed by atoms with Gasteiger partial charge in [0.15, 0.2) is 0 Å². The van der Waals surface area contributed by atoms with E-state index in [1.54, 1.807) is 0 Å². The number of rotatable bonds is 7. The average Bonchev–Trinajstić information content (AvgIpc) is 2.38. The molecular weight excluding hydrogens is 262 g/mol. The highest BCUT2D eigenvalue weighted by Gasteiger charge is 2.17. The molecule has 0 bridgehead atoms. The molecule has 2 unspecified atom stereocenters. The summed E-state index contributed by atoms with van der Waals surface area (Å²) in [5, 5.41) is 31.5. The first-order valence-corrected chi connectivity index (χ1v) is 5.51. The molecule has 0 saturated carbocycles. The standard InChI is InChI=1S/C11H14F2N2O4/c12-11(13)10(17)6-14-5-9(16)7-1-3-8(4-2-7)15(18)19/h1-4,9-11,14,16-17H,5-6H2. The molecule has 1 aromatic carbocycles. The molecule has 0 saturated heterocycles. The van der Waals surface area contributed by atoms with Crippen LogP contribution >= 0.6 is 0 Å². The normalized spacial score (nSPS) is 14.4. The molecule has 3 N–H and O–H groups in total. The maximum atomic E-state index is 12.0. The molecule has 0 amide bonds. The minimum Gasteiger partial charge on any atom is -0.387 e. The summed E-state index contributed by atoms with van der Waals surface area (Å²) >= 11 is 0. The van der Waals surface area contributed by atoms with Gasteiger partial charge in [0.05, 0.1) is 11.0 Å². The van der Waals surface area contributed by atoms with E-state index >= 15 is 0 Å². The van der Waals surface area contributed by atoms with E-state index in [4.69, 9.17) is 5.11 Å². The Balaban J connectivity index is 2.45. The number of halogens is 2. The van der Waals surface area contributed by atoms with Gasteiger partial charge >= 0.3 is 0 Å². The van der Waals surface area contributed by atoms with Crippen molar-refractivity contribution in [2.24, 2.45) is 0 Å². The summed E-state index contributed by atoms with van der Waals surface area (Å²) in [4.78, 5) is 9.86. The zero-order valence-corrected chi connectivity index (χ0v) is 9.87. The number of non-ortho nitro benzene ring substituents is 1. The van der Waals surface area contributed by atoms with Crippen molar-refractivity contribution in [3.05, 3.63) is 39.9 Å². The Bertz CT molecular complexity index is 414. The third-order valence-electron chi connectivity index (χ3n) is 2.47. The fourth-order valence-electron chi connectivity index (χ4n) is 1.39. The molecule has 0 aliphatic carbocycles. The lowest BCUT2D eigenvalue weighted by atomic mass is 10.1. The van der Waals surface area contributed by atoms with Crippen LogP contribution in [0.2, 0.25) is 0 Å². The highest BCUT2D eigenvalue weighted by molar-refractivity contribution is 5.33. The number of nitrogens with zero attached hydrogens (tertiary/aromatic N) is 1. The molecule has 6 nitrogen and oxygen atoms in total. The van der Waals surface area contributed by atoms with Gasteiger partial charge in [-0.2, -0.15) is 0 Å². The number of nitro groups is 1. The van der Waals surface area contributed by atoms with Crippen molar-refractivity contribution in [2.75, 3.05) is 13.1 Å². The lowest BCUT2D eigenvalue weighted by molar-refractivity contribution is -0.384. The summed E-state index contributed by atoms with van der Waals surface area (Å²) in [5.74, 6) is 0. The Labute approximate surface area is 107 Å². The second kappa shape index (κ2) is 7.07. The molecule has 106 valence electrons. The highest BCUT2D eigenvalue weighted by Crippen LogP contribution is 2.17. The SMILES string of the molecule is O=[N+]([O-])c1ccc(C(O)CNCC(O)C(F)F)cc1. The number of nitro benzene ring substituents is 1. The Morgan fingerprint density at radius 1 is 1.21 bits per heavy atom. The first-order chi connectivity index (χ1) is 8.91. The number of hydrogen-bond donors (Lipinski definition) is 3. The third-order valence-corrected chi connectivity index (χ3v) is 2.47. The van der Waals surface area contributed by atoms with Crippen LogP contribution in [0.4, 0.5) is 14.5 Å². The van der Waals surface area contributed by atoms with Gasteiger partial charge in [0.1, 0.15) is 6.10 Å². The van der Waals surface area contributed by atoms with Gasteiger partial charge in [-0.05, 0) is 17.7 Å². The maximum absolute atomic E-state index is 12.0. The summed E-state index contributed by atoms with van der Waals surface area (Å²) in [6, 6.07) is 5.25. The molecule has 2 atom stereocenters. The lowest BCUT2D eigenvalue weighted by Gasteiger charge is -2.14. The Kier molecular flexibility index (Phi) is 5.74. The minimum atomic E-state index is -2.84. The molecule has 0 fully saturated rings. The van der Waals surface area contributed by atoms with E-state index in [-0.39, 0.29) is 18.8 Å². The van der Waals surface area contributed by atoms with Gasteiger partial charge in [-0.15, -0.1) is 0 Å². The molecule has 0 aromatic heterocycles. The van der Waals surface area contributed by atoms with E-state index in [2.05, 4.69) is 5.32 Å². The molecule has 1 rings (SSSR count).